The molecule has 0 amide bonds. The zero-order chi connectivity index (χ0) is 18.6. The van der Waals surface area contributed by atoms with Crippen molar-refractivity contribution in [2.24, 2.45) is 0 Å². The number of nitrogens with one attached hydrogen (secondary N) is 1. The molecule has 0 saturated heterocycles. The summed E-state index contributed by atoms with van der Waals surface area (Å²) in [5.74, 6) is -0.840. The molecule has 0 aromatic heterocycles. The molecule has 134 valence electrons. The fourth-order valence-corrected chi connectivity index (χ4v) is 3.24. The fourth-order valence-electron chi connectivity index (χ4n) is 1.92. The summed E-state index contributed by atoms with van der Waals surface area (Å²) in [6.45, 7) is 1.36. The molecule has 0 heterocycles. The van der Waals surface area contributed by atoms with Gasteiger partial charge in [-0.3, -0.25) is 4.72 Å². The lowest BCUT2D eigenvalue weighted by molar-refractivity contribution is -0.142. The predicted molar refractivity (Wildman–Crippen MR) is 90.9 cm³/mol. The third-order valence-corrected chi connectivity index (χ3v) is 4.87. The molecule has 1 N–H and O–H groups in total. The number of halogens is 2. The number of methoxy groups -OCH3 is 1. The van der Waals surface area contributed by atoms with Crippen molar-refractivity contribution < 1.29 is 27.1 Å². The topological polar surface area (TPSA) is 81.7 Å². The molecule has 0 saturated carbocycles. The third-order valence-electron chi connectivity index (χ3n) is 3.20. The second-order valence-electron chi connectivity index (χ2n) is 5.03. The van der Waals surface area contributed by atoms with Crippen molar-refractivity contribution in [3.05, 3.63) is 52.8 Å². The van der Waals surface area contributed by atoms with Crippen LogP contribution >= 0.6 is 11.6 Å². The lowest BCUT2D eigenvalue weighted by Crippen LogP contribution is -2.15. The molecule has 0 bridgehead atoms. The summed E-state index contributed by atoms with van der Waals surface area (Å²) in [6.07, 6.45) is 0. The summed E-state index contributed by atoms with van der Waals surface area (Å²) in [7, 11) is -2.66. The van der Waals surface area contributed by atoms with Crippen molar-refractivity contribution in [2.75, 3.05) is 18.4 Å². The van der Waals surface area contributed by atoms with Gasteiger partial charge in [0.05, 0.1) is 22.7 Å². The van der Waals surface area contributed by atoms with Gasteiger partial charge >= 0.3 is 5.97 Å². The van der Waals surface area contributed by atoms with E-state index < -0.39 is 21.8 Å². The molecule has 0 fully saturated rings. The number of benzene rings is 2. The summed E-state index contributed by atoms with van der Waals surface area (Å²) < 4.78 is 50.0. The second kappa shape index (κ2) is 7.71. The number of hydrogen-bond acceptors (Lipinski definition) is 5. The molecule has 2 aromatic rings. The van der Waals surface area contributed by atoms with E-state index in [4.69, 9.17) is 16.3 Å². The van der Waals surface area contributed by atoms with Crippen LogP contribution in [0.4, 0.5) is 10.1 Å². The Bertz CT molecular complexity index is 901. The Morgan fingerprint density at radius 1 is 1.24 bits per heavy atom. The number of esters is 1. The predicted octanol–water partition coefficient (Wildman–Crippen LogP) is 3.14. The van der Waals surface area contributed by atoms with Crippen LogP contribution in [-0.2, 0) is 19.6 Å². The van der Waals surface area contributed by atoms with Crippen LogP contribution in [-0.4, -0.2) is 28.1 Å². The number of carbonyl (C=O) groups excluding carboxylic acids is 1. The highest BCUT2D eigenvalue weighted by Crippen LogP contribution is 2.25. The number of anilines is 1. The fraction of sp³-hybridized carbons (Fsp3) is 0.188. The largest absolute Gasteiger partial charge is 0.482 e. The Morgan fingerprint density at radius 3 is 2.56 bits per heavy atom. The van der Waals surface area contributed by atoms with Gasteiger partial charge in [-0.1, -0.05) is 11.6 Å². The SMILES string of the molecule is COC(=O)COc1ccc(S(=O)(=O)Nc2ccc(F)c(Cl)c2)cc1C. The summed E-state index contributed by atoms with van der Waals surface area (Å²) in [5, 5.41) is -0.192. The van der Waals surface area contributed by atoms with Crippen molar-refractivity contribution in [1.82, 2.24) is 0 Å². The van der Waals surface area contributed by atoms with Gasteiger partial charge in [-0.05, 0) is 48.9 Å². The van der Waals surface area contributed by atoms with E-state index in [1.165, 1.54) is 37.4 Å². The highest BCUT2D eigenvalue weighted by atomic mass is 35.5. The molecule has 0 aliphatic rings. The van der Waals surface area contributed by atoms with Crippen LogP contribution in [0.2, 0.25) is 5.02 Å². The number of carbonyl (C=O) groups is 1. The minimum Gasteiger partial charge on any atom is -0.482 e. The molecule has 6 nitrogen and oxygen atoms in total. The van der Waals surface area contributed by atoms with E-state index in [1.54, 1.807) is 6.92 Å². The van der Waals surface area contributed by atoms with Gasteiger partial charge in [0.2, 0.25) is 0 Å². The third kappa shape index (κ3) is 4.83. The lowest BCUT2D eigenvalue weighted by atomic mass is 10.2. The van der Waals surface area contributed by atoms with E-state index in [0.29, 0.717) is 11.3 Å². The maximum atomic E-state index is 13.2. The zero-order valence-electron chi connectivity index (χ0n) is 13.4. The van der Waals surface area contributed by atoms with Crippen LogP contribution in [0.25, 0.3) is 0 Å². The van der Waals surface area contributed by atoms with E-state index in [-0.39, 0.29) is 22.2 Å². The minimum absolute atomic E-state index is 0.0177. The summed E-state index contributed by atoms with van der Waals surface area (Å²) in [6, 6.07) is 7.65. The number of rotatable bonds is 6. The van der Waals surface area contributed by atoms with Crippen LogP contribution in [0.1, 0.15) is 5.56 Å². The first kappa shape index (κ1) is 19.0. The van der Waals surface area contributed by atoms with Crippen molar-refractivity contribution >= 4 is 33.3 Å². The van der Waals surface area contributed by atoms with Gasteiger partial charge in [0.1, 0.15) is 11.6 Å². The molecule has 9 heteroatoms. The summed E-state index contributed by atoms with van der Waals surface area (Å²) in [5.41, 5.74) is 0.652. The first-order valence-corrected chi connectivity index (χ1v) is 8.87. The Balaban J connectivity index is 2.20. The lowest BCUT2D eigenvalue weighted by Gasteiger charge is -2.12. The van der Waals surface area contributed by atoms with Crippen molar-refractivity contribution in [1.29, 1.82) is 0 Å². The summed E-state index contributed by atoms with van der Waals surface area (Å²) in [4.78, 5) is 11.1. The van der Waals surface area contributed by atoms with E-state index in [1.807, 2.05) is 0 Å². The molecule has 0 atom stereocenters. The first-order valence-electron chi connectivity index (χ1n) is 7.01. The van der Waals surface area contributed by atoms with Crippen LogP contribution < -0.4 is 9.46 Å². The number of hydrogen-bond donors (Lipinski definition) is 1. The molecule has 0 spiro atoms. The average molecular weight is 388 g/mol. The van der Waals surface area contributed by atoms with Gasteiger partial charge in [0, 0.05) is 0 Å². The van der Waals surface area contributed by atoms with Gasteiger partial charge in [0.15, 0.2) is 6.61 Å². The van der Waals surface area contributed by atoms with E-state index in [0.717, 1.165) is 6.07 Å². The van der Waals surface area contributed by atoms with Gasteiger partial charge in [-0.2, -0.15) is 0 Å². The Kier molecular flexibility index (Phi) is 5.86. The second-order valence-corrected chi connectivity index (χ2v) is 7.12. The average Bonchev–Trinajstić information content (AvgIpc) is 2.56. The monoisotopic (exact) mass is 387 g/mol. The number of aryl methyl sites for hydroxylation is 1. The normalized spacial score (nSPS) is 11.0. The Hall–Kier alpha value is -2.32. The molecule has 25 heavy (non-hydrogen) atoms. The van der Waals surface area contributed by atoms with Crippen molar-refractivity contribution in [2.45, 2.75) is 11.8 Å². The quantitative estimate of drug-likeness (QED) is 0.770. The maximum Gasteiger partial charge on any atom is 0.343 e. The van der Waals surface area contributed by atoms with Crippen LogP contribution in [0, 0.1) is 12.7 Å². The summed E-state index contributed by atoms with van der Waals surface area (Å²) >= 11 is 5.64. The molecular weight excluding hydrogens is 373 g/mol. The van der Waals surface area contributed by atoms with Crippen molar-refractivity contribution in [3.8, 4) is 5.75 Å². The number of ether oxygens (including phenoxy) is 2. The van der Waals surface area contributed by atoms with Gasteiger partial charge in [0.25, 0.3) is 10.0 Å². The highest BCUT2D eigenvalue weighted by molar-refractivity contribution is 7.92. The van der Waals surface area contributed by atoms with Gasteiger partial charge < -0.3 is 9.47 Å². The van der Waals surface area contributed by atoms with Crippen LogP contribution in [0.5, 0.6) is 5.75 Å². The molecular formula is C16H15ClFNO5S. The van der Waals surface area contributed by atoms with Gasteiger partial charge in [-0.15, -0.1) is 0 Å². The first-order chi connectivity index (χ1) is 11.7. The Labute approximate surface area is 149 Å². The van der Waals surface area contributed by atoms with E-state index in [2.05, 4.69) is 9.46 Å². The molecule has 0 aliphatic carbocycles. The zero-order valence-corrected chi connectivity index (χ0v) is 14.9. The number of sulfonamides is 1. The molecule has 0 radical (unpaired) electrons. The Morgan fingerprint density at radius 2 is 1.96 bits per heavy atom. The molecule has 2 aromatic carbocycles. The standard InChI is InChI=1S/C16H15ClFNO5S/c1-10-7-12(4-6-15(10)24-9-16(20)23-2)25(21,22)19-11-3-5-14(18)13(17)8-11/h3-8,19H,9H2,1-2H3. The molecule has 0 aliphatic heterocycles. The highest BCUT2D eigenvalue weighted by Gasteiger charge is 2.17. The van der Waals surface area contributed by atoms with E-state index >= 15 is 0 Å². The molecule has 0 unspecified atom stereocenters. The van der Waals surface area contributed by atoms with Crippen molar-refractivity contribution in [3.63, 3.8) is 0 Å². The van der Waals surface area contributed by atoms with Gasteiger partial charge in [-0.25, -0.2) is 17.6 Å². The van der Waals surface area contributed by atoms with E-state index in [9.17, 15) is 17.6 Å². The van der Waals surface area contributed by atoms with Crippen LogP contribution in [0.3, 0.4) is 0 Å². The van der Waals surface area contributed by atoms with Crippen LogP contribution in [0.15, 0.2) is 41.3 Å². The maximum absolute atomic E-state index is 13.2. The smallest absolute Gasteiger partial charge is 0.343 e. The molecule has 2 rings (SSSR count). The minimum atomic E-state index is -3.90.